The number of rotatable bonds is 3. The third kappa shape index (κ3) is 2.51. The molecule has 3 rings (SSSR count). The van der Waals surface area contributed by atoms with Crippen LogP contribution in [0.2, 0.25) is 0 Å². The van der Waals surface area contributed by atoms with Crippen molar-refractivity contribution in [1.82, 2.24) is 4.98 Å². The van der Waals surface area contributed by atoms with Gasteiger partial charge in [0, 0.05) is 0 Å². The van der Waals surface area contributed by atoms with Crippen molar-refractivity contribution in [3.05, 3.63) is 59.5 Å². The van der Waals surface area contributed by atoms with Gasteiger partial charge in [0.2, 0.25) is 5.89 Å². The van der Waals surface area contributed by atoms with E-state index >= 15 is 0 Å². The van der Waals surface area contributed by atoms with Crippen molar-refractivity contribution >= 4 is 11.1 Å². The molecule has 0 spiro atoms. The lowest BCUT2D eigenvalue weighted by Crippen LogP contribution is -2.13. The third-order valence-corrected chi connectivity index (χ3v) is 3.27. The molecule has 0 bridgehead atoms. The number of aryl methyl sites for hydroxylation is 1. The Morgan fingerprint density at radius 3 is 2.70 bits per heavy atom. The van der Waals surface area contributed by atoms with Crippen LogP contribution >= 0.6 is 0 Å². The second-order valence-electron chi connectivity index (χ2n) is 5.00. The van der Waals surface area contributed by atoms with Crippen LogP contribution in [0.4, 0.5) is 0 Å². The van der Waals surface area contributed by atoms with Gasteiger partial charge in [-0.1, -0.05) is 18.2 Å². The molecular formula is C16H16N2O2. The lowest BCUT2D eigenvalue weighted by molar-refractivity contribution is 0.470. The average Bonchev–Trinajstić information content (AvgIpc) is 2.84. The average molecular weight is 268 g/mol. The Balaban J connectivity index is 1.84. The van der Waals surface area contributed by atoms with Gasteiger partial charge in [0.15, 0.2) is 5.58 Å². The minimum atomic E-state index is -0.299. The van der Waals surface area contributed by atoms with E-state index in [-0.39, 0.29) is 11.8 Å². The SMILES string of the molecule is Cc1ccc2oc(C(N)Cc3ccc(O)cc3)nc2c1. The molecule has 2 aromatic carbocycles. The fourth-order valence-corrected chi connectivity index (χ4v) is 2.19. The lowest BCUT2D eigenvalue weighted by Gasteiger charge is -2.07. The number of aromatic hydroxyl groups is 1. The van der Waals surface area contributed by atoms with E-state index in [0.29, 0.717) is 12.3 Å². The van der Waals surface area contributed by atoms with Crippen molar-refractivity contribution < 1.29 is 9.52 Å². The van der Waals surface area contributed by atoms with E-state index < -0.39 is 0 Å². The maximum absolute atomic E-state index is 9.27. The third-order valence-electron chi connectivity index (χ3n) is 3.27. The van der Waals surface area contributed by atoms with Gasteiger partial charge in [-0.05, 0) is 48.7 Å². The van der Waals surface area contributed by atoms with E-state index in [9.17, 15) is 5.11 Å². The molecule has 102 valence electrons. The molecule has 0 saturated carbocycles. The Labute approximate surface area is 116 Å². The molecule has 1 aromatic heterocycles. The fraction of sp³-hybridized carbons (Fsp3) is 0.188. The summed E-state index contributed by atoms with van der Waals surface area (Å²) in [5, 5.41) is 9.27. The molecule has 20 heavy (non-hydrogen) atoms. The first kappa shape index (κ1) is 12.7. The summed E-state index contributed by atoms with van der Waals surface area (Å²) in [4.78, 5) is 4.45. The molecule has 0 amide bonds. The van der Waals surface area contributed by atoms with Crippen LogP contribution in [0.25, 0.3) is 11.1 Å². The predicted molar refractivity (Wildman–Crippen MR) is 77.5 cm³/mol. The van der Waals surface area contributed by atoms with Gasteiger partial charge in [0.05, 0.1) is 6.04 Å². The Morgan fingerprint density at radius 1 is 1.20 bits per heavy atom. The van der Waals surface area contributed by atoms with Gasteiger partial charge in [-0.15, -0.1) is 0 Å². The van der Waals surface area contributed by atoms with E-state index in [2.05, 4.69) is 4.98 Å². The zero-order valence-corrected chi connectivity index (χ0v) is 11.2. The van der Waals surface area contributed by atoms with Crippen LogP contribution in [0.5, 0.6) is 5.75 Å². The molecule has 4 nitrogen and oxygen atoms in total. The summed E-state index contributed by atoms with van der Waals surface area (Å²) in [6, 6.07) is 12.6. The number of hydrogen-bond donors (Lipinski definition) is 2. The molecule has 0 aliphatic rings. The first-order valence-corrected chi connectivity index (χ1v) is 6.52. The molecule has 0 radical (unpaired) electrons. The van der Waals surface area contributed by atoms with Gasteiger partial charge < -0.3 is 15.3 Å². The first-order chi connectivity index (χ1) is 9.61. The second-order valence-corrected chi connectivity index (χ2v) is 5.00. The highest BCUT2D eigenvalue weighted by molar-refractivity contribution is 5.73. The number of nitrogens with two attached hydrogens (primary N) is 1. The standard InChI is InChI=1S/C16H16N2O2/c1-10-2-7-15-14(8-10)18-16(20-15)13(17)9-11-3-5-12(19)6-4-11/h2-8,13,19H,9,17H2,1H3. The molecule has 4 heteroatoms. The first-order valence-electron chi connectivity index (χ1n) is 6.52. The monoisotopic (exact) mass is 268 g/mol. The van der Waals surface area contributed by atoms with Crippen molar-refractivity contribution in [2.45, 2.75) is 19.4 Å². The Hall–Kier alpha value is -2.33. The number of fused-ring (bicyclic) bond motifs is 1. The number of hydrogen-bond acceptors (Lipinski definition) is 4. The number of aromatic nitrogens is 1. The smallest absolute Gasteiger partial charge is 0.212 e. The topological polar surface area (TPSA) is 72.3 Å². The summed E-state index contributed by atoms with van der Waals surface area (Å²) in [6.07, 6.45) is 0.617. The summed E-state index contributed by atoms with van der Waals surface area (Å²) in [7, 11) is 0. The van der Waals surface area contributed by atoms with Gasteiger partial charge in [-0.2, -0.15) is 0 Å². The van der Waals surface area contributed by atoms with E-state index in [4.69, 9.17) is 10.2 Å². The van der Waals surface area contributed by atoms with Crippen molar-refractivity contribution in [3.63, 3.8) is 0 Å². The summed E-state index contributed by atoms with van der Waals surface area (Å²) >= 11 is 0. The summed E-state index contributed by atoms with van der Waals surface area (Å²) in [5.41, 5.74) is 9.92. The Morgan fingerprint density at radius 2 is 1.95 bits per heavy atom. The van der Waals surface area contributed by atoms with Gasteiger partial charge in [0.25, 0.3) is 0 Å². The fourth-order valence-electron chi connectivity index (χ4n) is 2.19. The normalized spacial score (nSPS) is 12.7. The molecule has 1 heterocycles. The highest BCUT2D eigenvalue weighted by Gasteiger charge is 2.14. The molecule has 1 unspecified atom stereocenters. The van der Waals surface area contributed by atoms with Crippen LogP contribution in [0.1, 0.15) is 23.1 Å². The van der Waals surface area contributed by atoms with E-state index in [1.165, 1.54) is 0 Å². The van der Waals surface area contributed by atoms with Crippen LogP contribution in [0.3, 0.4) is 0 Å². The van der Waals surface area contributed by atoms with Crippen molar-refractivity contribution in [3.8, 4) is 5.75 Å². The molecule has 1 atom stereocenters. The van der Waals surface area contributed by atoms with Gasteiger partial charge in [0.1, 0.15) is 11.3 Å². The summed E-state index contributed by atoms with van der Waals surface area (Å²) in [6.45, 7) is 2.02. The highest BCUT2D eigenvalue weighted by atomic mass is 16.3. The Kier molecular flexibility index (Phi) is 3.16. The van der Waals surface area contributed by atoms with Gasteiger partial charge in [-0.25, -0.2) is 4.98 Å². The minimum absolute atomic E-state index is 0.250. The molecule has 0 fully saturated rings. The molecule has 0 saturated heterocycles. The van der Waals surface area contributed by atoms with Gasteiger partial charge in [-0.3, -0.25) is 0 Å². The summed E-state index contributed by atoms with van der Waals surface area (Å²) in [5.74, 6) is 0.790. The highest BCUT2D eigenvalue weighted by Crippen LogP contribution is 2.22. The quantitative estimate of drug-likeness (QED) is 0.765. The maximum atomic E-state index is 9.27. The van der Waals surface area contributed by atoms with Crippen LogP contribution in [0.15, 0.2) is 46.9 Å². The molecule has 0 aliphatic carbocycles. The zero-order chi connectivity index (χ0) is 14.1. The second kappa shape index (κ2) is 4.98. The maximum Gasteiger partial charge on any atom is 0.212 e. The minimum Gasteiger partial charge on any atom is -0.508 e. The van der Waals surface area contributed by atoms with E-state index in [1.807, 2.05) is 37.3 Å². The Bertz CT molecular complexity index is 732. The van der Waals surface area contributed by atoms with Crippen LogP contribution < -0.4 is 5.73 Å². The molecular weight excluding hydrogens is 252 g/mol. The van der Waals surface area contributed by atoms with Crippen molar-refractivity contribution in [2.24, 2.45) is 5.73 Å². The van der Waals surface area contributed by atoms with Crippen LogP contribution in [-0.2, 0) is 6.42 Å². The van der Waals surface area contributed by atoms with Crippen molar-refractivity contribution in [1.29, 1.82) is 0 Å². The number of benzene rings is 2. The zero-order valence-electron chi connectivity index (χ0n) is 11.2. The van der Waals surface area contributed by atoms with Crippen molar-refractivity contribution in [2.75, 3.05) is 0 Å². The molecule has 0 aliphatic heterocycles. The number of nitrogens with zero attached hydrogens (tertiary/aromatic N) is 1. The molecule has 3 N–H and O–H groups in total. The largest absolute Gasteiger partial charge is 0.508 e. The predicted octanol–water partition coefficient (Wildman–Crippen LogP) is 3.08. The van der Waals surface area contributed by atoms with E-state index in [1.54, 1.807) is 12.1 Å². The number of phenols is 1. The lowest BCUT2D eigenvalue weighted by atomic mass is 10.1. The van der Waals surface area contributed by atoms with E-state index in [0.717, 1.165) is 22.2 Å². The van der Waals surface area contributed by atoms with Gasteiger partial charge >= 0.3 is 0 Å². The number of oxazole rings is 1. The summed E-state index contributed by atoms with van der Waals surface area (Å²) < 4.78 is 5.70. The number of phenolic OH excluding ortho intramolecular Hbond substituents is 1. The van der Waals surface area contributed by atoms with Crippen LogP contribution in [-0.4, -0.2) is 10.1 Å². The molecule has 3 aromatic rings. The van der Waals surface area contributed by atoms with Crippen LogP contribution in [0, 0.1) is 6.92 Å².